The van der Waals surface area contributed by atoms with Crippen LogP contribution in [0.15, 0.2) is 100 Å². The van der Waals surface area contributed by atoms with Crippen molar-refractivity contribution in [2.75, 3.05) is 0 Å². The van der Waals surface area contributed by atoms with Crippen LogP contribution in [0, 0.1) is 10.1 Å². The third-order valence-corrected chi connectivity index (χ3v) is 5.39. The maximum Gasteiger partial charge on any atom is 0.433 e. The zero-order valence-electron chi connectivity index (χ0n) is 17.2. The van der Waals surface area contributed by atoms with Crippen LogP contribution in [-0.2, 0) is 0 Å². The molecule has 0 atom stereocenters. The molecule has 0 unspecified atom stereocenters. The smallest absolute Gasteiger partial charge is 0.400 e. The summed E-state index contributed by atoms with van der Waals surface area (Å²) in [5.74, 6) is -0.00202. The summed E-state index contributed by atoms with van der Waals surface area (Å²) in [5.41, 5.74) is 5.46. The van der Waals surface area contributed by atoms with Gasteiger partial charge in [0.25, 0.3) is 0 Å². The SMILES string of the molecule is O=[N+]([O-])c1ccc(C=Nc2ccc(-c3cc(-c4ccccc4)c4cc(Cl)ccc4n3)cc2)o1. The molecule has 5 aromatic rings. The van der Waals surface area contributed by atoms with Crippen molar-refractivity contribution < 1.29 is 9.34 Å². The molecule has 160 valence electrons. The van der Waals surface area contributed by atoms with E-state index < -0.39 is 4.92 Å². The summed E-state index contributed by atoms with van der Waals surface area (Å²) < 4.78 is 5.10. The average molecular weight is 454 g/mol. The van der Waals surface area contributed by atoms with Crippen molar-refractivity contribution in [1.82, 2.24) is 4.98 Å². The lowest BCUT2D eigenvalue weighted by atomic mass is 9.98. The molecule has 6 nitrogen and oxygen atoms in total. The Hall–Kier alpha value is -4.29. The van der Waals surface area contributed by atoms with Gasteiger partial charge in [-0.25, -0.2) is 4.98 Å². The Bertz CT molecular complexity index is 1490. The van der Waals surface area contributed by atoms with E-state index in [-0.39, 0.29) is 5.88 Å². The summed E-state index contributed by atoms with van der Waals surface area (Å²) >= 11 is 6.26. The van der Waals surface area contributed by atoms with Crippen LogP contribution in [0.2, 0.25) is 5.02 Å². The van der Waals surface area contributed by atoms with Crippen molar-refractivity contribution in [3.05, 3.63) is 112 Å². The van der Waals surface area contributed by atoms with Gasteiger partial charge in [0, 0.05) is 16.0 Å². The summed E-state index contributed by atoms with van der Waals surface area (Å²) in [6.07, 6.45) is 1.45. The highest BCUT2D eigenvalue weighted by atomic mass is 35.5. The summed E-state index contributed by atoms with van der Waals surface area (Å²) in [6.45, 7) is 0. The van der Waals surface area contributed by atoms with Gasteiger partial charge in [0.05, 0.1) is 29.2 Å². The molecule has 33 heavy (non-hydrogen) atoms. The highest BCUT2D eigenvalue weighted by Gasteiger charge is 2.11. The van der Waals surface area contributed by atoms with Gasteiger partial charge in [-0.05, 0) is 53.6 Å². The molecule has 0 aliphatic rings. The lowest BCUT2D eigenvalue weighted by Gasteiger charge is -2.11. The molecule has 7 heteroatoms. The van der Waals surface area contributed by atoms with Crippen molar-refractivity contribution in [2.45, 2.75) is 0 Å². The molecule has 0 radical (unpaired) electrons. The van der Waals surface area contributed by atoms with Gasteiger partial charge in [0.1, 0.15) is 4.92 Å². The molecule has 0 aliphatic carbocycles. The maximum atomic E-state index is 10.7. The molecule has 0 fully saturated rings. The van der Waals surface area contributed by atoms with Crippen molar-refractivity contribution in [3.8, 4) is 22.4 Å². The summed E-state index contributed by atoms with van der Waals surface area (Å²) in [4.78, 5) is 19.3. The molecule has 0 saturated carbocycles. The van der Waals surface area contributed by atoms with Crippen molar-refractivity contribution in [3.63, 3.8) is 0 Å². The van der Waals surface area contributed by atoms with E-state index in [0.29, 0.717) is 16.5 Å². The minimum Gasteiger partial charge on any atom is -0.400 e. The van der Waals surface area contributed by atoms with E-state index >= 15 is 0 Å². The number of rotatable bonds is 5. The number of nitro groups is 1. The van der Waals surface area contributed by atoms with E-state index in [1.807, 2.05) is 60.7 Å². The Balaban J connectivity index is 1.49. The van der Waals surface area contributed by atoms with E-state index in [0.717, 1.165) is 33.3 Å². The van der Waals surface area contributed by atoms with Crippen LogP contribution in [0.4, 0.5) is 11.6 Å². The predicted octanol–water partition coefficient (Wildman–Crippen LogP) is 7.47. The van der Waals surface area contributed by atoms with Crippen LogP contribution in [0.1, 0.15) is 5.76 Å². The highest BCUT2D eigenvalue weighted by Crippen LogP contribution is 2.34. The number of furan rings is 1. The fraction of sp³-hybridized carbons (Fsp3) is 0. The molecule has 2 aromatic heterocycles. The number of benzene rings is 3. The lowest BCUT2D eigenvalue weighted by Crippen LogP contribution is -1.90. The van der Waals surface area contributed by atoms with Crippen LogP contribution >= 0.6 is 11.6 Å². The second-order valence-corrected chi connectivity index (χ2v) is 7.76. The first-order chi connectivity index (χ1) is 16.1. The molecule has 3 aromatic carbocycles. The molecule has 0 aliphatic heterocycles. The first-order valence-electron chi connectivity index (χ1n) is 10.1. The topological polar surface area (TPSA) is 81.5 Å². The van der Waals surface area contributed by atoms with E-state index in [1.54, 1.807) is 0 Å². The molecular weight excluding hydrogens is 438 g/mol. The van der Waals surface area contributed by atoms with Gasteiger partial charge >= 0.3 is 5.88 Å². The van der Waals surface area contributed by atoms with Gasteiger partial charge in [-0.1, -0.05) is 54.1 Å². The zero-order valence-corrected chi connectivity index (χ0v) is 17.9. The molecule has 0 bridgehead atoms. The van der Waals surface area contributed by atoms with E-state index in [9.17, 15) is 10.1 Å². The Morgan fingerprint density at radius 3 is 2.42 bits per heavy atom. The first kappa shape index (κ1) is 20.6. The normalized spacial score (nSPS) is 11.3. The molecule has 0 amide bonds. The number of aromatic nitrogens is 1. The van der Waals surface area contributed by atoms with E-state index in [1.165, 1.54) is 18.3 Å². The number of hydrogen-bond acceptors (Lipinski definition) is 5. The number of fused-ring (bicyclic) bond motifs is 1. The standard InChI is InChI=1S/C26H16ClN3O3/c27-19-8-12-24-23(14-19)22(17-4-2-1-3-5-17)15-25(29-24)18-6-9-20(10-7-18)28-16-21-11-13-26(33-21)30(31)32/h1-16H. The van der Waals surface area contributed by atoms with E-state index in [4.69, 9.17) is 21.0 Å². The fourth-order valence-corrected chi connectivity index (χ4v) is 3.74. The van der Waals surface area contributed by atoms with Gasteiger partial charge in [0.15, 0.2) is 5.76 Å². The van der Waals surface area contributed by atoms with Crippen LogP contribution in [0.25, 0.3) is 33.3 Å². The third kappa shape index (κ3) is 4.37. The van der Waals surface area contributed by atoms with Crippen molar-refractivity contribution in [2.24, 2.45) is 4.99 Å². The second-order valence-electron chi connectivity index (χ2n) is 7.32. The van der Waals surface area contributed by atoms with Crippen LogP contribution in [0.3, 0.4) is 0 Å². The third-order valence-electron chi connectivity index (χ3n) is 5.15. The van der Waals surface area contributed by atoms with E-state index in [2.05, 4.69) is 23.2 Å². The molecule has 0 saturated heterocycles. The average Bonchev–Trinajstić information content (AvgIpc) is 3.33. The van der Waals surface area contributed by atoms with Gasteiger partial charge in [-0.3, -0.25) is 15.1 Å². The Labute approximate surface area is 194 Å². The first-order valence-corrected chi connectivity index (χ1v) is 10.5. The van der Waals surface area contributed by atoms with Crippen LogP contribution < -0.4 is 0 Å². The van der Waals surface area contributed by atoms with Gasteiger partial charge < -0.3 is 4.42 Å². The van der Waals surface area contributed by atoms with Gasteiger partial charge in [0.2, 0.25) is 0 Å². The predicted molar refractivity (Wildman–Crippen MR) is 130 cm³/mol. The summed E-state index contributed by atoms with van der Waals surface area (Å²) in [7, 11) is 0. The Kier molecular flexibility index (Phi) is 5.42. The minimum absolute atomic E-state index is 0.313. The molecule has 5 rings (SSSR count). The lowest BCUT2D eigenvalue weighted by molar-refractivity contribution is -0.402. The van der Waals surface area contributed by atoms with Gasteiger partial charge in [-0.2, -0.15) is 0 Å². The quantitative estimate of drug-likeness (QED) is 0.157. The largest absolute Gasteiger partial charge is 0.433 e. The highest BCUT2D eigenvalue weighted by molar-refractivity contribution is 6.31. The summed E-state index contributed by atoms with van der Waals surface area (Å²) in [5, 5.41) is 12.4. The number of halogens is 1. The van der Waals surface area contributed by atoms with Crippen LogP contribution in [0.5, 0.6) is 0 Å². The van der Waals surface area contributed by atoms with Crippen molar-refractivity contribution in [1.29, 1.82) is 0 Å². The number of hydrogen-bond donors (Lipinski definition) is 0. The van der Waals surface area contributed by atoms with Crippen molar-refractivity contribution >= 4 is 40.3 Å². The monoisotopic (exact) mass is 453 g/mol. The molecule has 0 spiro atoms. The molecule has 2 heterocycles. The maximum absolute atomic E-state index is 10.7. The number of pyridine rings is 1. The van der Waals surface area contributed by atoms with Gasteiger partial charge in [-0.15, -0.1) is 0 Å². The fourth-order valence-electron chi connectivity index (χ4n) is 3.57. The van der Waals surface area contributed by atoms with Crippen LogP contribution in [-0.4, -0.2) is 16.1 Å². The molecular formula is C26H16ClN3O3. The summed E-state index contributed by atoms with van der Waals surface area (Å²) in [6, 6.07) is 28.3. The number of nitrogens with zero attached hydrogens (tertiary/aromatic N) is 3. The second kappa shape index (κ2) is 8.68. The Morgan fingerprint density at radius 1 is 0.909 bits per heavy atom. The number of aliphatic imine (C=N–C) groups is 1. The minimum atomic E-state index is -0.583. The molecule has 0 N–H and O–H groups in total. The Morgan fingerprint density at radius 2 is 1.70 bits per heavy atom. The zero-order chi connectivity index (χ0) is 22.8.